The van der Waals surface area contributed by atoms with Crippen molar-refractivity contribution in [2.75, 3.05) is 19.6 Å². The number of carbonyl (C=O) groups excluding carboxylic acids is 1. The number of hydrogen-bond donors (Lipinski definition) is 2. The van der Waals surface area contributed by atoms with Gasteiger partial charge in [0.05, 0.1) is 23.0 Å². The summed E-state index contributed by atoms with van der Waals surface area (Å²) in [6, 6.07) is 3.14. The molecule has 0 radical (unpaired) electrons. The molecule has 3 aromatic rings. The lowest BCUT2D eigenvalue weighted by molar-refractivity contribution is 0.0942. The minimum absolute atomic E-state index is 0.0879. The summed E-state index contributed by atoms with van der Waals surface area (Å²) >= 11 is 1.71. The van der Waals surface area contributed by atoms with Gasteiger partial charge in [-0.05, 0) is 75.5 Å². The third-order valence-electron chi connectivity index (χ3n) is 6.65. The van der Waals surface area contributed by atoms with Gasteiger partial charge in [0.25, 0.3) is 5.91 Å². The zero-order valence-corrected chi connectivity index (χ0v) is 20.9. The molecule has 1 amide bonds. The maximum Gasteiger partial charge on any atom is 0.254 e. The van der Waals surface area contributed by atoms with E-state index in [1.807, 2.05) is 26.2 Å². The fourth-order valence-electron chi connectivity index (χ4n) is 4.61. The highest BCUT2D eigenvalue weighted by molar-refractivity contribution is 7.08. The Balaban J connectivity index is 1.25. The van der Waals surface area contributed by atoms with Gasteiger partial charge in [0.2, 0.25) is 0 Å². The van der Waals surface area contributed by atoms with Gasteiger partial charge >= 0.3 is 0 Å². The molecular weight excluding hydrogens is 446 g/mol. The molecule has 34 heavy (non-hydrogen) atoms. The van der Waals surface area contributed by atoms with E-state index in [9.17, 15) is 4.79 Å². The Morgan fingerprint density at radius 3 is 2.47 bits per heavy atom. The molecule has 0 spiro atoms. The summed E-state index contributed by atoms with van der Waals surface area (Å²) in [7, 11) is 0. The predicted molar refractivity (Wildman–Crippen MR) is 134 cm³/mol. The van der Waals surface area contributed by atoms with Crippen LogP contribution in [0.4, 0.5) is 0 Å². The molecule has 4 rings (SSSR count). The summed E-state index contributed by atoms with van der Waals surface area (Å²) in [5, 5.41) is 11.2. The molecule has 8 nitrogen and oxygen atoms in total. The van der Waals surface area contributed by atoms with Crippen LogP contribution in [0.2, 0.25) is 0 Å². The first-order chi connectivity index (χ1) is 16.5. The number of rotatable bonds is 9. The second-order valence-corrected chi connectivity index (χ2v) is 9.73. The van der Waals surface area contributed by atoms with Crippen LogP contribution in [0.1, 0.15) is 65.1 Å². The molecule has 180 valence electrons. The van der Waals surface area contributed by atoms with E-state index in [-0.39, 0.29) is 11.9 Å². The van der Waals surface area contributed by atoms with Gasteiger partial charge in [-0.2, -0.15) is 11.3 Å². The monoisotopic (exact) mass is 479 g/mol. The van der Waals surface area contributed by atoms with Crippen molar-refractivity contribution in [1.82, 2.24) is 35.5 Å². The third kappa shape index (κ3) is 6.02. The minimum Gasteiger partial charge on any atom is -0.352 e. The summed E-state index contributed by atoms with van der Waals surface area (Å²) in [5.74, 6) is -0.0879. The Bertz CT molecular complexity index is 1030. The predicted octanol–water partition coefficient (Wildman–Crippen LogP) is 3.30. The molecule has 1 aliphatic heterocycles. The third-order valence-corrected chi connectivity index (χ3v) is 7.35. The molecular formula is C25H33N7OS. The van der Waals surface area contributed by atoms with Crippen LogP contribution in [-0.4, -0.2) is 62.5 Å². The van der Waals surface area contributed by atoms with E-state index in [1.165, 1.54) is 11.9 Å². The van der Waals surface area contributed by atoms with E-state index in [2.05, 4.69) is 59.2 Å². The smallest absolute Gasteiger partial charge is 0.254 e. The summed E-state index contributed by atoms with van der Waals surface area (Å²) in [6.45, 7) is 8.66. The van der Waals surface area contributed by atoms with Crippen molar-refractivity contribution in [2.45, 2.75) is 58.2 Å². The lowest BCUT2D eigenvalue weighted by Crippen LogP contribution is -2.47. The number of thiophene rings is 1. The molecule has 1 saturated heterocycles. The summed E-state index contributed by atoms with van der Waals surface area (Å²) in [5.41, 5.74) is 4.39. The Morgan fingerprint density at radius 2 is 1.82 bits per heavy atom. The van der Waals surface area contributed by atoms with Crippen molar-refractivity contribution in [3.05, 3.63) is 70.0 Å². The molecule has 4 heterocycles. The number of carbonyl (C=O) groups is 1. The zero-order valence-electron chi connectivity index (χ0n) is 20.1. The van der Waals surface area contributed by atoms with Gasteiger partial charge < -0.3 is 15.5 Å². The largest absolute Gasteiger partial charge is 0.352 e. The summed E-state index contributed by atoms with van der Waals surface area (Å²) in [6.07, 6.45) is 9.96. The minimum atomic E-state index is -0.0879. The van der Waals surface area contributed by atoms with Crippen LogP contribution in [0.5, 0.6) is 0 Å². The van der Waals surface area contributed by atoms with Crippen LogP contribution in [-0.2, 0) is 0 Å². The van der Waals surface area contributed by atoms with Crippen LogP contribution < -0.4 is 10.6 Å². The maximum atomic E-state index is 12.6. The number of aryl methyl sites for hydroxylation is 2. The topological polar surface area (TPSA) is 95.9 Å². The van der Waals surface area contributed by atoms with Gasteiger partial charge in [-0.25, -0.2) is 19.9 Å². The second kappa shape index (κ2) is 11.6. The number of amides is 1. The molecule has 9 heteroatoms. The Kier molecular flexibility index (Phi) is 8.31. The summed E-state index contributed by atoms with van der Waals surface area (Å²) < 4.78 is 0. The fourth-order valence-corrected chi connectivity index (χ4v) is 5.30. The van der Waals surface area contributed by atoms with Gasteiger partial charge in [0.15, 0.2) is 0 Å². The van der Waals surface area contributed by atoms with E-state index >= 15 is 0 Å². The van der Waals surface area contributed by atoms with Crippen LogP contribution in [0.15, 0.2) is 41.9 Å². The molecule has 3 aromatic heterocycles. The first kappa shape index (κ1) is 24.4. The highest BCUT2D eigenvalue weighted by Gasteiger charge is 2.26. The first-order valence-electron chi connectivity index (χ1n) is 11.9. The molecule has 0 saturated carbocycles. The van der Waals surface area contributed by atoms with Crippen LogP contribution in [0.25, 0.3) is 0 Å². The zero-order chi connectivity index (χ0) is 23.9. The second-order valence-electron chi connectivity index (χ2n) is 8.95. The van der Waals surface area contributed by atoms with E-state index in [4.69, 9.17) is 0 Å². The van der Waals surface area contributed by atoms with Crippen LogP contribution in [0.3, 0.4) is 0 Å². The number of nitrogens with one attached hydrogen (secondary N) is 2. The Morgan fingerprint density at radius 1 is 1.12 bits per heavy atom. The first-order valence-corrected chi connectivity index (χ1v) is 12.8. The maximum absolute atomic E-state index is 12.6. The highest BCUT2D eigenvalue weighted by atomic mass is 32.1. The number of hydrogen-bond acceptors (Lipinski definition) is 8. The van der Waals surface area contributed by atoms with Gasteiger partial charge in [-0.1, -0.05) is 0 Å². The van der Waals surface area contributed by atoms with Gasteiger partial charge in [0, 0.05) is 36.6 Å². The van der Waals surface area contributed by atoms with Crippen LogP contribution >= 0.6 is 11.3 Å². The number of piperidine rings is 1. The highest BCUT2D eigenvalue weighted by Crippen LogP contribution is 2.26. The fraction of sp³-hybridized carbons (Fsp3) is 0.480. The van der Waals surface area contributed by atoms with Crippen molar-refractivity contribution in [3.63, 3.8) is 0 Å². The van der Waals surface area contributed by atoms with Gasteiger partial charge in [-0.3, -0.25) is 4.79 Å². The normalized spacial score (nSPS) is 16.8. The van der Waals surface area contributed by atoms with Gasteiger partial charge in [0.1, 0.15) is 12.7 Å². The molecule has 2 atom stereocenters. The number of likely N-dealkylation sites (tertiary alicyclic amines) is 1. The average Bonchev–Trinajstić information content (AvgIpc) is 3.38. The molecule has 1 fully saturated rings. The molecule has 0 aromatic carbocycles. The molecule has 1 aliphatic rings. The Labute approximate surface area is 205 Å². The molecule has 2 unspecified atom stereocenters. The number of nitrogens with zero attached hydrogens (tertiary/aromatic N) is 5. The van der Waals surface area contributed by atoms with Crippen molar-refractivity contribution in [2.24, 2.45) is 0 Å². The van der Waals surface area contributed by atoms with Crippen molar-refractivity contribution in [3.8, 4) is 0 Å². The quantitative estimate of drug-likeness (QED) is 0.486. The van der Waals surface area contributed by atoms with Crippen molar-refractivity contribution >= 4 is 17.2 Å². The lowest BCUT2D eigenvalue weighted by atomic mass is 9.98. The van der Waals surface area contributed by atoms with E-state index in [1.54, 1.807) is 17.7 Å². The van der Waals surface area contributed by atoms with Crippen LogP contribution in [0, 0.1) is 13.8 Å². The summed E-state index contributed by atoms with van der Waals surface area (Å²) in [4.78, 5) is 31.8. The lowest BCUT2D eigenvalue weighted by Gasteiger charge is -2.37. The van der Waals surface area contributed by atoms with Crippen molar-refractivity contribution < 1.29 is 4.79 Å². The van der Waals surface area contributed by atoms with Gasteiger partial charge in [-0.15, -0.1) is 0 Å². The van der Waals surface area contributed by atoms with E-state index in [0.717, 1.165) is 49.3 Å². The standard InChI is InChI=1S/C25H33N7OS/c1-17(4-8-28-25(33)23-18(2)29-16-30-19(23)3)32-9-5-22(6-10-32)31-24(20-7-11-34-14-20)21-12-26-15-27-13-21/h7,11-17,22,24,31H,4-6,8-10H2,1-3H3,(H,28,33). The van der Waals surface area contributed by atoms with E-state index in [0.29, 0.717) is 24.2 Å². The van der Waals surface area contributed by atoms with Crippen molar-refractivity contribution in [1.29, 1.82) is 0 Å². The number of aromatic nitrogens is 4. The molecule has 0 bridgehead atoms. The Hall–Kier alpha value is -2.75. The molecule has 0 aliphatic carbocycles. The average molecular weight is 480 g/mol. The van der Waals surface area contributed by atoms with E-state index < -0.39 is 0 Å². The molecule has 2 N–H and O–H groups in total. The SMILES string of the molecule is Cc1ncnc(C)c1C(=O)NCCC(C)N1CCC(NC(c2cncnc2)c2ccsc2)CC1.